The fraction of sp³-hybridized carbons (Fsp3) is 0.529. The van der Waals surface area contributed by atoms with E-state index in [0.29, 0.717) is 6.54 Å². The second kappa shape index (κ2) is 9.15. The lowest BCUT2D eigenvalue weighted by atomic mass is 10.0. The standard InChI is InChI=1S/C17H24BrN3O3/c1-2-21(12-17(23)24)13-7-9-20(10-8-13)11-16(22)19-15-6-4-3-5-14(15)18/h3-6,13H,2,7-12H2,1H3,(H,19,22)(H,23,24). The number of anilines is 1. The first kappa shape index (κ1) is 18.9. The van der Waals surface area contributed by atoms with Gasteiger partial charge in [-0.1, -0.05) is 19.1 Å². The molecule has 0 aliphatic carbocycles. The van der Waals surface area contributed by atoms with E-state index >= 15 is 0 Å². The highest BCUT2D eigenvalue weighted by molar-refractivity contribution is 9.10. The van der Waals surface area contributed by atoms with Crippen molar-refractivity contribution in [1.82, 2.24) is 9.80 Å². The fourth-order valence-electron chi connectivity index (χ4n) is 3.07. The van der Waals surface area contributed by atoms with Crippen molar-refractivity contribution in [3.63, 3.8) is 0 Å². The van der Waals surface area contributed by atoms with E-state index in [1.54, 1.807) is 0 Å². The molecule has 0 atom stereocenters. The fourth-order valence-corrected chi connectivity index (χ4v) is 3.45. The van der Waals surface area contributed by atoms with Crippen molar-refractivity contribution in [1.29, 1.82) is 0 Å². The molecule has 2 rings (SSSR count). The number of carboxylic acids is 1. The number of para-hydroxylation sites is 1. The number of amides is 1. The Kier molecular flexibility index (Phi) is 7.20. The highest BCUT2D eigenvalue weighted by Crippen LogP contribution is 2.21. The van der Waals surface area contributed by atoms with E-state index in [0.717, 1.165) is 42.6 Å². The highest BCUT2D eigenvalue weighted by atomic mass is 79.9. The normalized spacial score (nSPS) is 16.3. The minimum absolute atomic E-state index is 0.0294. The lowest BCUT2D eigenvalue weighted by Crippen LogP contribution is -2.48. The van der Waals surface area contributed by atoms with Gasteiger partial charge in [-0.15, -0.1) is 0 Å². The molecule has 132 valence electrons. The molecule has 0 spiro atoms. The van der Waals surface area contributed by atoms with Gasteiger partial charge in [0.05, 0.1) is 18.8 Å². The highest BCUT2D eigenvalue weighted by Gasteiger charge is 2.25. The summed E-state index contributed by atoms with van der Waals surface area (Å²) in [7, 11) is 0. The smallest absolute Gasteiger partial charge is 0.317 e. The minimum Gasteiger partial charge on any atom is -0.480 e. The molecule has 1 aromatic carbocycles. The third-order valence-corrected chi connectivity index (χ3v) is 5.02. The van der Waals surface area contributed by atoms with Gasteiger partial charge in [0.25, 0.3) is 0 Å². The summed E-state index contributed by atoms with van der Waals surface area (Å²) in [5.74, 6) is -0.815. The zero-order valence-electron chi connectivity index (χ0n) is 13.9. The molecule has 24 heavy (non-hydrogen) atoms. The number of nitrogens with zero attached hydrogens (tertiary/aromatic N) is 2. The second-order valence-electron chi connectivity index (χ2n) is 5.99. The van der Waals surface area contributed by atoms with Gasteiger partial charge in [-0.25, -0.2) is 0 Å². The molecule has 0 saturated carbocycles. The number of hydrogen-bond acceptors (Lipinski definition) is 4. The molecule has 0 aromatic heterocycles. The van der Waals surface area contributed by atoms with Gasteiger partial charge in [0.15, 0.2) is 0 Å². The van der Waals surface area contributed by atoms with Crippen molar-refractivity contribution in [2.75, 3.05) is 38.0 Å². The van der Waals surface area contributed by atoms with Gasteiger partial charge in [0.2, 0.25) is 5.91 Å². The van der Waals surface area contributed by atoms with Crippen molar-refractivity contribution >= 4 is 33.5 Å². The van der Waals surface area contributed by atoms with Crippen LogP contribution in [0.5, 0.6) is 0 Å². The number of likely N-dealkylation sites (N-methyl/N-ethyl adjacent to an activating group) is 1. The molecule has 1 amide bonds. The van der Waals surface area contributed by atoms with Gasteiger partial charge < -0.3 is 10.4 Å². The Bertz CT molecular complexity index is 574. The molecule has 0 unspecified atom stereocenters. The topological polar surface area (TPSA) is 72.9 Å². The van der Waals surface area contributed by atoms with E-state index in [1.165, 1.54) is 0 Å². The summed E-state index contributed by atoms with van der Waals surface area (Å²) in [5, 5.41) is 11.9. The average Bonchev–Trinajstić information content (AvgIpc) is 2.55. The van der Waals surface area contributed by atoms with Gasteiger partial charge in [0.1, 0.15) is 0 Å². The number of carboxylic acid groups (broad SMARTS) is 1. The zero-order valence-corrected chi connectivity index (χ0v) is 15.5. The molecule has 1 aliphatic rings. The van der Waals surface area contributed by atoms with Crippen LogP contribution < -0.4 is 5.32 Å². The summed E-state index contributed by atoms with van der Waals surface area (Å²) in [6.45, 7) is 4.79. The zero-order chi connectivity index (χ0) is 17.5. The lowest BCUT2D eigenvalue weighted by molar-refractivity contribution is -0.139. The summed E-state index contributed by atoms with van der Waals surface area (Å²) in [6.07, 6.45) is 1.78. The Hall–Kier alpha value is -1.44. The summed E-state index contributed by atoms with van der Waals surface area (Å²) >= 11 is 3.42. The maximum atomic E-state index is 12.2. The molecule has 2 N–H and O–H groups in total. The number of aliphatic carboxylic acids is 1. The summed E-state index contributed by atoms with van der Waals surface area (Å²) in [5.41, 5.74) is 0.774. The monoisotopic (exact) mass is 397 g/mol. The Morgan fingerprint density at radius 2 is 2.00 bits per heavy atom. The molecule has 0 bridgehead atoms. The van der Waals surface area contributed by atoms with Crippen LogP contribution in [0.4, 0.5) is 5.69 Å². The van der Waals surface area contributed by atoms with E-state index in [2.05, 4.69) is 26.1 Å². The largest absolute Gasteiger partial charge is 0.480 e. The number of carbonyl (C=O) groups excluding carboxylic acids is 1. The molecule has 6 nitrogen and oxygen atoms in total. The third kappa shape index (κ3) is 5.58. The molecular formula is C17H24BrN3O3. The number of rotatable bonds is 7. The summed E-state index contributed by atoms with van der Waals surface area (Å²) in [6, 6.07) is 7.82. The Morgan fingerprint density at radius 1 is 1.33 bits per heavy atom. The van der Waals surface area contributed by atoms with Crippen molar-refractivity contribution in [3.8, 4) is 0 Å². The number of carbonyl (C=O) groups is 2. The maximum Gasteiger partial charge on any atom is 0.317 e. The van der Waals surface area contributed by atoms with Crippen LogP contribution in [0.2, 0.25) is 0 Å². The van der Waals surface area contributed by atoms with Gasteiger partial charge in [-0.05, 0) is 47.4 Å². The van der Waals surface area contributed by atoms with E-state index in [-0.39, 0.29) is 18.5 Å². The summed E-state index contributed by atoms with van der Waals surface area (Å²) in [4.78, 5) is 27.2. The number of piperidine rings is 1. The van der Waals surface area contributed by atoms with E-state index in [4.69, 9.17) is 5.11 Å². The average molecular weight is 398 g/mol. The quantitative estimate of drug-likeness (QED) is 0.737. The molecule has 0 radical (unpaired) electrons. The van der Waals surface area contributed by atoms with Crippen LogP contribution in [0.1, 0.15) is 19.8 Å². The number of nitrogens with one attached hydrogen (secondary N) is 1. The Balaban J connectivity index is 1.79. The van der Waals surface area contributed by atoms with E-state index in [1.807, 2.05) is 36.1 Å². The minimum atomic E-state index is -0.785. The van der Waals surface area contributed by atoms with Crippen LogP contribution in [-0.2, 0) is 9.59 Å². The number of hydrogen-bond donors (Lipinski definition) is 2. The van der Waals surface area contributed by atoms with E-state index in [9.17, 15) is 9.59 Å². The van der Waals surface area contributed by atoms with Gasteiger partial charge in [0, 0.05) is 23.6 Å². The van der Waals surface area contributed by atoms with Crippen molar-refractivity contribution in [2.24, 2.45) is 0 Å². The number of halogens is 1. The molecule has 1 saturated heterocycles. The molecular weight excluding hydrogens is 374 g/mol. The van der Waals surface area contributed by atoms with Crippen LogP contribution in [0, 0.1) is 0 Å². The first-order chi connectivity index (χ1) is 11.5. The van der Waals surface area contributed by atoms with Crippen LogP contribution >= 0.6 is 15.9 Å². The van der Waals surface area contributed by atoms with Crippen LogP contribution in [0.3, 0.4) is 0 Å². The van der Waals surface area contributed by atoms with Crippen LogP contribution in [0.25, 0.3) is 0 Å². The number of benzene rings is 1. The van der Waals surface area contributed by atoms with Gasteiger partial charge >= 0.3 is 5.97 Å². The maximum absolute atomic E-state index is 12.2. The first-order valence-electron chi connectivity index (χ1n) is 8.22. The van der Waals surface area contributed by atoms with Crippen molar-refractivity contribution < 1.29 is 14.7 Å². The van der Waals surface area contributed by atoms with Crippen molar-refractivity contribution in [2.45, 2.75) is 25.8 Å². The third-order valence-electron chi connectivity index (χ3n) is 4.33. The molecule has 7 heteroatoms. The van der Waals surface area contributed by atoms with Crippen LogP contribution in [-0.4, -0.2) is 65.5 Å². The molecule has 1 heterocycles. The lowest BCUT2D eigenvalue weighted by Gasteiger charge is -2.37. The molecule has 1 aliphatic heterocycles. The second-order valence-corrected chi connectivity index (χ2v) is 6.85. The predicted octanol–water partition coefficient (Wildman–Crippen LogP) is 2.26. The van der Waals surface area contributed by atoms with Gasteiger partial charge in [-0.2, -0.15) is 0 Å². The molecule has 1 aromatic rings. The van der Waals surface area contributed by atoms with E-state index < -0.39 is 5.97 Å². The van der Waals surface area contributed by atoms with Crippen molar-refractivity contribution in [3.05, 3.63) is 28.7 Å². The Morgan fingerprint density at radius 3 is 2.58 bits per heavy atom. The van der Waals surface area contributed by atoms with Crippen LogP contribution in [0.15, 0.2) is 28.7 Å². The number of likely N-dealkylation sites (tertiary alicyclic amines) is 1. The Labute approximate surface area is 150 Å². The van der Waals surface area contributed by atoms with Gasteiger partial charge in [-0.3, -0.25) is 19.4 Å². The predicted molar refractivity (Wildman–Crippen MR) is 97.1 cm³/mol. The SMILES string of the molecule is CCN(CC(=O)O)C1CCN(CC(=O)Nc2ccccc2Br)CC1. The summed E-state index contributed by atoms with van der Waals surface area (Å²) < 4.78 is 0.865. The molecule has 1 fully saturated rings. The first-order valence-corrected chi connectivity index (χ1v) is 9.01.